The van der Waals surface area contributed by atoms with Gasteiger partial charge in [-0.25, -0.2) is 19.7 Å². The van der Waals surface area contributed by atoms with E-state index in [1.807, 2.05) is 19.1 Å². The molecule has 2 N–H and O–H groups in total. The third-order valence-corrected chi connectivity index (χ3v) is 8.10. The number of aromatic nitrogens is 5. The first kappa shape index (κ1) is 28.2. The van der Waals surface area contributed by atoms with E-state index < -0.39 is 35.3 Å². The predicted octanol–water partition coefficient (Wildman–Crippen LogP) is 3.49. The van der Waals surface area contributed by atoms with Crippen molar-refractivity contribution in [1.29, 1.82) is 0 Å². The molecule has 1 aliphatic heterocycles. The van der Waals surface area contributed by atoms with Crippen LogP contribution >= 0.6 is 15.9 Å². The summed E-state index contributed by atoms with van der Waals surface area (Å²) < 4.78 is 1.71. The molecule has 0 unspecified atom stereocenters. The molecule has 3 aromatic heterocycles. The Labute approximate surface area is 253 Å². The zero-order chi connectivity index (χ0) is 30.6. The Morgan fingerprint density at radius 1 is 1.14 bits per heavy atom. The molecule has 0 spiro atoms. The number of Topliss-reactive ketones (excluding diaryl/α,β-unsaturated/α-hetero) is 1. The quantitative estimate of drug-likeness (QED) is 0.175. The SMILES string of the molecule is CC(=O)c1nn(CC(=O)N2[C@H](C(=O)Nc3cc(C(=O)O)cc(Br)n3)C[C@@]3(C)C#C[C@@H]23)c2ccc(-c3cnc(C)nc3)cc12. The number of hydrogen-bond donors (Lipinski definition) is 2. The average molecular weight is 642 g/mol. The molecule has 216 valence electrons. The first-order valence-corrected chi connectivity index (χ1v) is 14.1. The summed E-state index contributed by atoms with van der Waals surface area (Å²) in [5.74, 6) is 4.43. The number of fused-ring (bicyclic) bond motifs is 2. The normalized spacial score (nSPS) is 20.1. The van der Waals surface area contributed by atoms with Gasteiger partial charge in [0.2, 0.25) is 11.8 Å². The van der Waals surface area contributed by atoms with Crippen LogP contribution in [0.2, 0.25) is 0 Å². The molecule has 1 fully saturated rings. The molecule has 4 heterocycles. The number of carboxylic acids is 1. The Morgan fingerprint density at radius 2 is 1.88 bits per heavy atom. The third kappa shape index (κ3) is 5.03. The Hall–Kier alpha value is -4.96. The van der Waals surface area contributed by atoms with E-state index in [1.54, 1.807) is 25.4 Å². The number of carboxylic acid groups (broad SMARTS) is 1. The minimum atomic E-state index is -1.18. The number of carbonyl (C=O) groups is 4. The molecule has 6 rings (SSSR count). The van der Waals surface area contributed by atoms with Gasteiger partial charge in [-0.2, -0.15) is 5.10 Å². The fourth-order valence-corrected chi connectivity index (χ4v) is 5.96. The molecule has 2 aliphatic rings. The van der Waals surface area contributed by atoms with E-state index in [0.29, 0.717) is 23.1 Å². The van der Waals surface area contributed by atoms with Crippen molar-refractivity contribution in [2.45, 2.75) is 45.8 Å². The van der Waals surface area contributed by atoms with Crippen LogP contribution in [0.15, 0.2) is 47.3 Å². The van der Waals surface area contributed by atoms with E-state index in [-0.39, 0.29) is 34.0 Å². The largest absolute Gasteiger partial charge is 0.478 e. The minimum absolute atomic E-state index is 0.0356. The summed E-state index contributed by atoms with van der Waals surface area (Å²) in [5.41, 5.74) is 1.74. The number of nitrogens with one attached hydrogen (secondary N) is 1. The van der Waals surface area contributed by atoms with E-state index in [2.05, 4.69) is 53.1 Å². The molecule has 13 heteroatoms. The van der Waals surface area contributed by atoms with E-state index >= 15 is 0 Å². The molecular formula is C30H24BrN7O5. The maximum atomic E-state index is 13.9. The van der Waals surface area contributed by atoms with Crippen LogP contribution in [-0.2, 0) is 16.1 Å². The molecule has 1 aromatic carbocycles. The number of rotatable bonds is 7. The number of aromatic carboxylic acids is 1. The van der Waals surface area contributed by atoms with Gasteiger partial charge < -0.3 is 15.3 Å². The molecule has 2 amide bonds. The van der Waals surface area contributed by atoms with Crippen molar-refractivity contribution >= 4 is 56.2 Å². The van der Waals surface area contributed by atoms with Crippen LogP contribution in [-0.4, -0.2) is 70.4 Å². The van der Waals surface area contributed by atoms with Gasteiger partial charge in [-0.15, -0.1) is 0 Å². The molecule has 43 heavy (non-hydrogen) atoms. The Morgan fingerprint density at radius 3 is 2.53 bits per heavy atom. The van der Waals surface area contributed by atoms with Gasteiger partial charge in [0.15, 0.2) is 5.78 Å². The Kier molecular flexibility index (Phi) is 6.81. The summed E-state index contributed by atoms with van der Waals surface area (Å²) in [5, 5.41) is 17.1. The van der Waals surface area contributed by atoms with Crippen molar-refractivity contribution < 1.29 is 24.3 Å². The zero-order valence-corrected chi connectivity index (χ0v) is 24.8. The number of aryl methyl sites for hydroxylation is 1. The van der Waals surface area contributed by atoms with Crippen LogP contribution < -0.4 is 5.32 Å². The van der Waals surface area contributed by atoms with Gasteiger partial charge >= 0.3 is 5.97 Å². The molecule has 1 saturated heterocycles. The maximum absolute atomic E-state index is 13.9. The molecular weight excluding hydrogens is 618 g/mol. The number of nitrogens with zero attached hydrogens (tertiary/aromatic N) is 6. The van der Waals surface area contributed by atoms with Crippen LogP contribution in [0.3, 0.4) is 0 Å². The highest BCUT2D eigenvalue weighted by molar-refractivity contribution is 9.10. The number of pyridine rings is 1. The molecule has 0 bridgehead atoms. The first-order chi connectivity index (χ1) is 20.4. The molecule has 0 radical (unpaired) electrons. The summed E-state index contributed by atoms with van der Waals surface area (Å²) in [7, 11) is 0. The summed E-state index contributed by atoms with van der Waals surface area (Å²) in [4.78, 5) is 65.5. The summed E-state index contributed by atoms with van der Waals surface area (Å²) in [6, 6.07) is 6.64. The molecule has 12 nitrogen and oxygen atoms in total. The summed E-state index contributed by atoms with van der Waals surface area (Å²) in [6.07, 6.45) is 3.70. The average Bonchev–Trinajstić information content (AvgIpc) is 3.41. The third-order valence-electron chi connectivity index (χ3n) is 7.70. The standard InChI is InChI=1S/C30H24BrN7O5/c1-15(39)27-20-8-17(19-12-32-16(2)33-13-19)4-5-21(20)37(36-27)14-26(40)38-22(11-30(3)7-6-23(30)38)28(41)35-25-10-18(29(42)43)9-24(31)34-25/h4-5,8-10,12-13,22-23H,11,14H2,1-3H3,(H,42,43)(H,34,35,41)/t22-,23+,30+/m0/s1. The number of ketones is 1. The van der Waals surface area contributed by atoms with E-state index in [9.17, 15) is 24.3 Å². The Balaban J connectivity index is 1.30. The lowest BCUT2D eigenvalue weighted by Crippen LogP contribution is -2.50. The zero-order valence-electron chi connectivity index (χ0n) is 23.3. The second kappa shape index (κ2) is 10.4. The van der Waals surface area contributed by atoms with Gasteiger partial charge in [0.25, 0.3) is 0 Å². The van der Waals surface area contributed by atoms with Crippen molar-refractivity contribution in [1.82, 2.24) is 29.6 Å². The van der Waals surface area contributed by atoms with Crippen molar-refractivity contribution in [3.63, 3.8) is 0 Å². The smallest absolute Gasteiger partial charge is 0.335 e. The van der Waals surface area contributed by atoms with Gasteiger partial charge in [0, 0.05) is 30.3 Å². The lowest BCUT2D eigenvalue weighted by Gasteiger charge is -2.34. The van der Waals surface area contributed by atoms with Gasteiger partial charge in [-0.3, -0.25) is 19.1 Å². The van der Waals surface area contributed by atoms with Gasteiger partial charge in [0.05, 0.1) is 16.5 Å². The van der Waals surface area contributed by atoms with Crippen LogP contribution in [0.4, 0.5) is 5.82 Å². The number of benzene rings is 1. The van der Waals surface area contributed by atoms with Gasteiger partial charge in [0.1, 0.15) is 40.6 Å². The second-order valence-corrected chi connectivity index (χ2v) is 11.6. The fourth-order valence-electron chi connectivity index (χ4n) is 5.52. The number of likely N-dealkylation sites (tertiary alicyclic amines) is 1. The predicted molar refractivity (Wildman–Crippen MR) is 158 cm³/mol. The number of halogens is 1. The van der Waals surface area contributed by atoms with E-state index in [1.165, 1.54) is 28.6 Å². The lowest BCUT2D eigenvalue weighted by molar-refractivity contribution is -0.138. The number of anilines is 1. The van der Waals surface area contributed by atoms with Crippen molar-refractivity contribution in [3.8, 4) is 23.0 Å². The van der Waals surface area contributed by atoms with Crippen LogP contribution in [0.5, 0.6) is 0 Å². The Bertz CT molecular complexity index is 1930. The van der Waals surface area contributed by atoms with Crippen LogP contribution in [0.25, 0.3) is 22.0 Å². The first-order valence-electron chi connectivity index (χ1n) is 13.3. The highest BCUT2D eigenvalue weighted by Gasteiger charge is 2.56. The van der Waals surface area contributed by atoms with Crippen molar-refractivity contribution in [3.05, 3.63) is 64.4 Å². The number of amides is 2. The van der Waals surface area contributed by atoms with E-state index in [0.717, 1.165) is 11.1 Å². The second-order valence-electron chi connectivity index (χ2n) is 10.8. The maximum Gasteiger partial charge on any atom is 0.335 e. The minimum Gasteiger partial charge on any atom is -0.478 e. The van der Waals surface area contributed by atoms with Crippen LogP contribution in [0.1, 0.15) is 46.9 Å². The van der Waals surface area contributed by atoms with E-state index in [4.69, 9.17) is 0 Å². The summed E-state index contributed by atoms with van der Waals surface area (Å²) >= 11 is 3.17. The molecule has 0 saturated carbocycles. The monoisotopic (exact) mass is 641 g/mol. The number of carbonyl (C=O) groups excluding carboxylic acids is 3. The molecule has 4 aromatic rings. The van der Waals surface area contributed by atoms with Gasteiger partial charge in [-0.1, -0.05) is 17.9 Å². The number of hydrogen-bond acceptors (Lipinski definition) is 8. The van der Waals surface area contributed by atoms with Gasteiger partial charge in [-0.05, 0) is 66.0 Å². The fraction of sp³-hybridized carbons (Fsp3) is 0.267. The lowest BCUT2D eigenvalue weighted by atomic mass is 9.76. The highest BCUT2D eigenvalue weighted by atomic mass is 79.9. The van der Waals surface area contributed by atoms with Crippen molar-refractivity contribution in [2.24, 2.45) is 5.41 Å². The van der Waals surface area contributed by atoms with Crippen molar-refractivity contribution in [2.75, 3.05) is 5.32 Å². The highest BCUT2D eigenvalue weighted by Crippen LogP contribution is 2.45. The molecule has 1 aliphatic carbocycles. The summed E-state index contributed by atoms with van der Waals surface area (Å²) in [6.45, 7) is 4.88. The molecule has 3 atom stereocenters. The topological polar surface area (TPSA) is 160 Å². The van der Waals surface area contributed by atoms with Crippen LogP contribution in [0, 0.1) is 24.2 Å².